The minimum Gasteiger partial charge on any atom is -0.426 e. The van der Waals surface area contributed by atoms with E-state index in [1.165, 1.54) is 30.3 Å². The van der Waals surface area contributed by atoms with Crippen molar-refractivity contribution in [3.63, 3.8) is 0 Å². The van der Waals surface area contributed by atoms with Gasteiger partial charge in [0.05, 0.1) is 11.8 Å². The Morgan fingerprint density at radius 3 is 1.62 bits per heavy atom. The van der Waals surface area contributed by atoms with E-state index in [4.69, 9.17) is 4.74 Å². The van der Waals surface area contributed by atoms with E-state index in [-0.39, 0.29) is 36.2 Å². The van der Waals surface area contributed by atoms with E-state index in [0.29, 0.717) is 5.56 Å². The van der Waals surface area contributed by atoms with Gasteiger partial charge in [0, 0.05) is 7.14 Å². The van der Waals surface area contributed by atoms with Crippen molar-refractivity contribution >= 4 is 67.2 Å². The van der Waals surface area contributed by atoms with Gasteiger partial charge in [0.2, 0.25) is 34.8 Å². The molecule has 0 spiro atoms. The van der Waals surface area contributed by atoms with Crippen LogP contribution in [-0.4, -0.2) is 24.9 Å². The van der Waals surface area contributed by atoms with Crippen molar-refractivity contribution in [3.05, 3.63) is 83.8 Å². The van der Waals surface area contributed by atoms with Gasteiger partial charge in [0.15, 0.2) is 0 Å². The van der Waals surface area contributed by atoms with Gasteiger partial charge in [0.25, 0.3) is 10.1 Å². The largest absolute Gasteiger partial charge is 0.426 e. The van der Waals surface area contributed by atoms with Crippen LogP contribution >= 0.6 is 45.2 Å². The lowest BCUT2D eigenvalue weighted by Crippen LogP contribution is -2.29. The predicted octanol–water partition coefficient (Wildman–Crippen LogP) is 6.01. The summed E-state index contributed by atoms with van der Waals surface area (Å²) in [5, 5.41) is 0. The Labute approximate surface area is 244 Å². The van der Waals surface area contributed by atoms with Crippen LogP contribution in [0.4, 0.5) is 22.0 Å². The lowest BCUT2D eigenvalue weighted by molar-refractivity contribution is -0.139. The maximum absolute atomic E-state index is 14.0. The fourth-order valence-electron chi connectivity index (χ4n) is 4.15. The van der Waals surface area contributed by atoms with E-state index in [2.05, 4.69) is 4.74 Å². The predicted molar refractivity (Wildman–Crippen MR) is 140 cm³/mol. The highest BCUT2D eigenvalue weighted by atomic mass is 127. The minimum atomic E-state index is -4.53. The SMILES string of the molecule is O=C(Oc1cc(I)c(S(=O)(=O)O)c(I)c1)C1CCC(C(=O)Oc2c(F)c(F)c(F)c(F)c2F)c2ccccc21. The van der Waals surface area contributed by atoms with E-state index in [1.54, 1.807) is 51.2 Å². The Morgan fingerprint density at radius 1 is 0.769 bits per heavy atom. The molecule has 1 aliphatic carbocycles. The molecule has 2 unspecified atom stereocenters. The summed E-state index contributed by atoms with van der Waals surface area (Å²) in [6.07, 6.45) is -0.105. The molecule has 2 atom stereocenters. The summed E-state index contributed by atoms with van der Waals surface area (Å²) >= 11 is 3.32. The quantitative estimate of drug-likeness (QED) is 0.0642. The van der Waals surface area contributed by atoms with Gasteiger partial charge in [-0.05, 0) is 81.3 Å². The molecule has 4 rings (SSSR count). The van der Waals surface area contributed by atoms with Crippen LogP contribution in [0.2, 0.25) is 0 Å². The number of hydrogen-bond donors (Lipinski definition) is 1. The van der Waals surface area contributed by atoms with Gasteiger partial charge in [-0.2, -0.15) is 17.2 Å². The van der Waals surface area contributed by atoms with Crippen LogP contribution in [0, 0.1) is 36.2 Å². The van der Waals surface area contributed by atoms with E-state index in [0.717, 1.165) is 0 Å². The van der Waals surface area contributed by atoms with Crippen molar-refractivity contribution in [2.45, 2.75) is 29.6 Å². The van der Waals surface area contributed by atoms with Crippen LogP contribution < -0.4 is 9.47 Å². The third-order valence-corrected chi connectivity index (χ3v) is 9.27. The molecule has 206 valence electrons. The Kier molecular flexibility index (Phi) is 8.53. The van der Waals surface area contributed by atoms with E-state index in [1.807, 2.05) is 0 Å². The number of halogens is 7. The fourth-order valence-corrected chi connectivity index (χ4v) is 8.15. The molecule has 39 heavy (non-hydrogen) atoms. The van der Waals surface area contributed by atoms with Gasteiger partial charge in [0.1, 0.15) is 10.6 Å². The van der Waals surface area contributed by atoms with Gasteiger partial charge in [-0.15, -0.1) is 0 Å². The molecule has 0 heterocycles. The van der Waals surface area contributed by atoms with Gasteiger partial charge in [-0.25, -0.2) is 13.2 Å². The standard InChI is InChI=1S/C24H13F5I2O7S/c25-16-17(26)19(28)21(20(29)18(16)27)38-24(33)13-6-5-12(10-3-1-2-4-11(10)13)23(32)37-9-7-14(30)22(15(31)8-9)39(34,35)36/h1-4,7-8,12-13H,5-6H2,(H,34,35,36). The summed E-state index contributed by atoms with van der Waals surface area (Å²) in [5.74, 6) is -17.4. The molecule has 0 saturated heterocycles. The summed E-state index contributed by atoms with van der Waals surface area (Å²) in [6.45, 7) is 0. The molecule has 0 radical (unpaired) electrons. The van der Waals surface area contributed by atoms with Crippen molar-refractivity contribution in [2.75, 3.05) is 0 Å². The topological polar surface area (TPSA) is 107 Å². The molecule has 3 aromatic rings. The molecule has 1 N–H and O–H groups in total. The first-order valence-corrected chi connectivity index (χ1v) is 14.3. The average Bonchev–Trinajstić information content (AvgIpc) is 2.86. The molecular formula is C24H13F5I2O7S. The second-order valence-electron chi connectivity index (χ2n) is 8.24. The van der Waals surface area contributed by atoms with Crippen LogP contribution in [0.1, 0.15) is 35.8 Å². The lowest BCUT2D eigenvalue weighted by atomic mass is 9.76. The second kappa shape index (κ2) is 11.2. The fraction of sp³-hybridized carbons (Fsp3) is 0.167. The van der Waals surface area contributed by atoms with Gasteiger partial charge in [-0.3, -0.25) is 14.1 Å². The third kappa shape index (κ3) is 5.76. The van der Waals surface area contributed by atoms with Crippen molar-refractivity contribution in [1.82, 2.24) is 0 Å². The second-order valence-corrected chi connectivity index (χ2v) is 11.9. The highest BCUT2D eigenvalue weighted by molar-refractivity contribution is 14.1. The number of benzene rings is 3. The lowest BCUT2D eigenvalue weighted by Gasteiger charge is -2.29. The first kappa shape index (κ1) is 29.6. The third-order valence-electron chi connectivity index (χ3n) is 5.88. The molecule has 1 aliphatic rings. The van der Waals surface area contributed by atoms with Crippen LogP contribution in [0.15, 0.2) is 41.3 Å². The Hall–Kier alpha value is -2.38. The molecule has 0 aromatic heterocycles. The number of ether oxygens (including phenoxy) is 2. The van der Waals surface area contributed by atoms with Crippen molar-refractivity contribution in [3.8, 4) is 11.5 Å². The molecule has 7 nitrogen and oxygen atoms in total. The molecule has 0 fully saturated rings. The monoisotopic (exact) mass is 794 g/mol. The highest BCUT2D eigenvalue weighted by Gasteiger charge is 2.38. The van der Waals surface area contributed by atoms with Gasteiger partial charge >= 0.3 is 11.9 Å². The van der Waals surface area contributed by atoms with Crippen LogP contribution in [0.25, 0.3) is 0 Å². The van der Waals surface area contributed by atoms with Gasteiger partial charge in [-0.1, -0.05) is 24.3 Å². The first-order chi connectivity index (χ1) is 18.2. The summed E-state index contributed by atoms with van der Waals surface area (Å²) in [7, 11) is -4.53. The zero-order chi connectivity index (χ0) is 28.8. The van der Waals surface area contributed by atoms with E-state index < -0.39 is 68.7 Å². The van der Waals surface area contributed by atoms with Crippen LogP contribution in [0.5, 0.6) is 11.5 Å². The van der Waals surface area contributed by atoms with Crippen molar-refractivity contribution < 1.29 is 54.0 Å². The molecule has 0 saturated carbocycles. The van der Waals surface area contributed by atoms with Crippen molar-refractivity contribution in [2.24, 2.45) is 0 Å². The van der Waals surface area contributed by atoms with E-state index in [9.17, 15) is 44.5 Å². The molecule has 0 aliphatic heterocycles. The highest BCUT2D eigenvalue weighted by Crippen LogP contribution is 2.41. The summed E-state index contributed by atoms with van der Waals surface area (Å²) in [6, 6.07) is 8.51. The Balaban J connectivity index is 1.60. The smallest absolute Gasteiger partial charge is 0.319 e. The minimum absolute atomic E-state index is 0.00784. The molecule has 3 aromatic carbocycles. The zero-order valence-electron chi connectivity index (χ0n) is 19.0. The summed E-state index contributed by atoms with van der Waals surface area (Å²) < 4.78 is 111. The number of carbonyl (C=O) groups is 2. The molecule has 0 amide bonds. The average molecular weight is 794 g/mol. The van der Waals surface area contributed by atoms with Crippen LogP contribution in [0.3, 0.4) is 0 Å². The van der Waals surface area contributed by atoms with E-state index >= 15 is 0 Å². The van der Waals surface area contributed by atoms with Crippen LogP contribution in [-0.2, 0) is 19.7 Å². The summed E-state index contributed by atoms with van der Waals surface area (Å²) in [5.41, 5.74) is 0.539. The molecular weight excluding hydrogens is 781 g/mol. The first-order valence-electron chi connectivity index (χ1n) is 10.7. The normalized spacial score (nSPS) is 16.9. The number of carbonyl (C=O) groups excluding carboxylic acids is 2. The maximum atomic E-state index is 14.0. The number of hydrogen-bond acceptors (Lipinski definition) is 6. The number of fused-ring (bicyclic) bond motifs is 1. The maximum Gasteiger partial charge on any atom is 0.319 e. The number of esters is 2. The van der Waals surface area contributed by atoms with Crippen molar-refractivity contribution in [1.29, 1.82) is 0 Å². The Morgan fingerprint density at radius 2 is 1.18 bits per heavy atom. The molecule has 15 heteroatoms. The number of rotatable bonds is 5. The Bertz CT molecular complexity index is 1580. The molecule has 0 bridgehead atoms. The zero-order valence-corrected chi connectivity index (χ0v) is 24.1. The van der Waals surface area contributed by atoms with Gasteiger partial charge < -0.3 is 9.47 Å². The summed E-state index contributed by atoms with van der Waals surface area (Å²) in [4.78, 5) is 25.5.